The Labute approximate surface area is 114 Å². The number of hydrogen-bond donors (Lipinski definition) is 1. The van der Waals surface area contributed by atoms with E-state index < -0.39 is 11.7 Å². The van der Waals surface area contributed by atoms with Crippen LogP contribution in [-0.4, -0.2) is 48.1 Å². The third-order valence-corrected chi connectivity index (χ3v) is 3.22. The van der Waals surface area contributed by atoms with Crippen LogP contribution in [0.3, 0.4) is 0 Å². The van der Waals surface area contributed by atoms with Crippen LogP contribution >= 0.6 is 11.6 Å². The summed E-state index contributed by atoms with van der Waals surface area (Å²) in [5, 5.41) is 1.86. The lowest BCUT2D eigenvalue weighted by Crippen LogP contribution is -2.47. The summed E-state index contributed by atoms with van der Waals surface area (Å²) >= 11 is 5.82. The zero-order valence-corrected chi connectivity index (χ0v) is 11.1. The minimum atomic E-state index is -4.43. The Morgan fingerprint density at radius 1 is 1.26 bits per heavy atom. The minimum absolute atomic E-state index is 0.0336. The smallest absolute Gasteiger partial charge is 0.304 e. The zero-order valence-electron chi connectivity index (χ0n) is 10.3. The Hall–Kier alpha value is -1.05. The Morgan fingerprint density at radius 2 is 1.89 bits per heavy atom. The van der Waals surface area contributed by atoms with Gasteiger partial charge < -0.3 is 10.3 Å². The summed E-state index contributed by atoms with van der Waals surface area (Å²) in [5.41, 5.74) is 2.10. The van der Waals surface area contributed by atoms with E-state index in [1.807, 2.05) is 12.1 Å². The van der Waals surface area contributed by atoms with Crippen LogP contribution in [0.5, 0.6) is 0 Å². The third-order valence-electron chi connectivity index (χ3n) is 2.94. The predicted molar refractivity (Wildman–Crippen MR) is 66.9 cm³/mol. The van der Waals surface area contributed by atoms with Crippen LogP contribution < -0.4 is 5.43 Å². The molecule has 8 heteroatoms. The van der Waals surface area contributed by atoms with Crippen molar-refractivity contribution >= 4 is 17.4 Å². The maximum Gasteiger partial charge on any atom is 0.417 e. The van der Waals surface area contributed by atoms with E-state index in [-0.39, 0.29) is 10.8 Å². The number of aromatic nitrogens is 1. The van der Waals surface area contributed by atoms with Crippen molar-refractivity contribution in [3.05, 3.63) is 22.8 Å². The first-order valence-electron chi connectivity index (χ1n) is 5.79. The van der Waals surface area contributed by atoms with Gasteiger partial charge >= 0.3 is 6.18 Å². The van der Waals surface area contributed by atoms with Crippen LogP contribution in [0.2, 0.25) is 5.02 Å². The molecule has 0 atom stereocenters. The minimum Gasteiger partial charge on any atom is -0.304 e. The van der Waals surface area contributed by atoms with Gasteiger partial charge in [-0.1, -0.05) is 11.6 Å². The standard InChI is InChI=1S/C11H14ClF3N4/c1-18-2-4-19(5-3-18)17-10-9(12)6-8(7-16-10)11(13,14)15/h6-7H,2-5H2,1H3,(H,16,17). The summed E-state index contributed by atoms with van der Waals surface area (Å²) in [6, 6.07) is 0.882. The van der Waals surface area contributed by atoms with E-state index in [9.17, 15) is 13.2 Å². The molecule has 0 radical (unpaired) electrons. The molecule has 19 heavy (non-hydrogen) atoms. The van der Waals surface area contributed by atoms with Gasteiger partial charge in [-0.15, -0.1) is 0 Å². The number of piperazine rings is 1. The van der Waals surface area contributed by atoms with Crippen molar-refractivity contribution in [2.45, 2.75) is 6.18 Å². The molecule has 1 aromatic heterocycles. The number of halogens is 4. The van der Waals surface area contributed by atoms with Crippen molar-refractivity contribution in [3.63, 3.8) is 0 Å². The number of alkyl halides is 3. The monoisotopic (exact) mass is 294 g/mol. The van der Waals surface area contributed by atoms with Crippen LogP contribution in [0.1, 0.15) is 5.56 Å². The first-order chi connectivity index (χ1) is 8.86. The Balaban J connectivity index is 2.05. The summed E-state index contributed by atoms with van der Waals surface area (Å²) in [4.78, 5) is 5.91. The van der Waals surface area contributed by atoms with Crippen LogP contribution in [0.25, 0.3) is 0 Å². The van der Waals surface area contributed by atoms with E-state index in [2.05, 4.69) is 15.3 Å². The first-order valence-corrected chi connectivity index (χ1v) is 6.17. The van der Waals surface area contributed by atoms with Crippen molar-refractivity contribution in [3.8, 4) is 0 Å². The first kappa shape index (κ1) is 14.4. The molecular weight excluding hydrogens is 281 g/mol. The fraction of sp³-hybridized carbons (Fsp3) is 0.545. The molecule has 106 valence electrons. The van der Waals surface area contributed by atoms with E-state index in [1.165, 1.54) is 0 Å². The van der Waals surface area contributed by atoms with Gasteiger partial charge in [-0.2, -0.15) is 13.2 Å². The molecule has 0 aromatic carbocycles. The van der Waals surface area contributed by atoms with Crippen LogP contribution in [-0.2, 0) is 6.18 Å². The molecule has 1 aliphatic heterocycles. The predicted octanol–water partition coefficient (Wildman–Crippen LogP) is 2.33. The van der Waals surface area contributed by atoms with Crippen molar-refractivity contribution in [1.82, 2.24) is 14.9 Å². The second-order valence-corrected chi connectivity index (χ2v) is 4.86. The maximum atomic E-state index is 12.5. The van der Waals surface area contributed by atoms with Gasteiger partial charge in [0.15, 0.2) is 5.82 Å². The number of rotatable bonds is 2. The van der Waals surface area contributed by atoms with Crippen LogP contribution in [0.4, 0.5) is 19.0 Å². The maximum absolute atomic E-state index is 12.5. The normalized spacial score (nSPS) is 18.6. The molecule has 2 heterocycles. The molecule has 1 fully saturated rings. The topological polar surface area (TPSA) is 31.4 Å². The zero-order chi connectivity index (χ0) is 14.0. The summed E-state index contributed by atoms with van der Waals surface area (Å²) in [7, 11) is 2.01. The highest BCUT2D eigenvalue weighted by molar-refractivity contribution is 6.32. The van der Waals surface area contributed by atoms with Gasteiger partial charge in [0.1, 0.15) is 0 Å². The molecule has 1 N–H and O–H groups in total. The molecule has 1 aromatic rings. The van der Waals surface area contributed by atoms with E-state index in [0.717, 1.165) is 38.4 Å². The highest BCUT2D eigenvalue weighted by Gasteiger charge is 2.31. The number of likely N-dealkylation sites (N-methyl/N-ethyl adjacent to an activating group) is 1. The van der Waals surface area contributed by atoms with Crippen LogP contribution in [0, 0.1) is 0 Å². The lowest BCUT2D eigenvalue weighted by atomic mass is 10.3. The molecule has 0 saturated carbocycles. The lowest BCUT2D eigenvalue weighted by Gasteiger charge is -2.32. The molecule has 4 nitrogen and oxygen atoms in total. The number of pyridine rings is 1. The molecular formula is C11H14ClF3N4. The average Bonchev–Trinajstić information content (AvgIpc) is 2.33. The third kappa shape index (κ3) is 3.71. The van der Waals surface area contributed by atoms with E-state index in [1.54, 1.807) is 0 Å². The fourth-order valence-electron chi connectivity index (χ4n) is 1.74. The second-order valence-electron chi connectivity index (χ2n) is 4.45. The van der Waals surface area contributed by atoms with Gasteiger partial charge in [-0.25, -0.2) is 9.99 Å². The van der Waals surface area contributed by atoms with Gasteiger partial charge in [0.25, 0.3) is 0 Å². The average molecular weight is 295 g/mol. The fourth-order valence-corrected chi connectivity index (χ4v) is 1.95. The molecule has 1 saturated heterocycles. The highest BCUT2D eigenvalue weighted by Crippen LogP contribution is 2.32. The quantitative estimate of drug-likeness (QED) is 0.907. The Bertz CT molecular complexity index is 444. The van der Waals surface area contributed by atoms with Crippen molar-refractivity contribution < 1.29 is 13.2 Å². The Morgan fingerprint density at radius 3 is 2.42 bits per heavy atom. The number of anilines is 1. The number of nitrogens with one attached hydrogen (secondary N) is 1. The molecule has 1 aliphatic rings. The largest absolute Gasteiger partial charge is 0.417 e. The molecule has 0 amide bonds. The molecule has 2 rings (SSSR count). The SMILES string of the molecule is CN1CCN(Nc2ncc(C(F)(F)F)cc2Cl)CC1. The summed E-state index contributed by atoms with van der Waals surface area (Å²) < 4.78 is 37.4. The summed E-state index contributed by atoms with van der Waals surface area (Å²) in [5.74, 6) is 0.249. The summed E-state index contributed by atoms with van der Waals surface area (Å²) in [6.45, 7) is 3.28. The van der Waals surface area contributed by atoms with Gasteiger partial charge in [0.05, 0.1) is 10.6 Å². The molecule has 0 spiro atoms. The van der Waals surface area contributed by atoms with Gasteiger partial charge in [-0.05, 0) is 13.1 Å². The van der Waals surface area contributed by atoms with Gasteiger partial charge in [0, 0.05) is 32.4 Å². The summed E-state index contributed by atoms with van der Waals surface area (Å²) in [6.07, 6.45) is -3.65. The lowest BCUT2D eigenvalue weighted by molar-refractivity contribution is -0.137. The number of nitrogens with zero attached hydrogens (tertiary/aromatic N) is 3. The van der Waals surface area contributed by atoms with E-state index in [0.29, 0.717) is 0 Å². The van der Waals surface area contributed by atoms with Gasteiger partial charge in [-0.3, -0.25) is 0 Å². The number of hydrazine groups is 1. The molecule has 0 bridgehead atoms. The van der Waals surface area contributed by atoms with Crippen molar-refractivity contribution in [1.29, 1.82) is 0 Å². The Kier molecular flexibility index (Phi) is 4.17. The van der Waals surface area contributed by atoms with Crippen molar-refractivity contribution in [2.75, 3.05) is 38.7 Å². The molecule has 0 unspecified atom stereocenters. The van der Waals surface area contributed by atoms with Crippen LogP contribution in [0.15, 0.2) is 12.3 Å². The second kappa shape index (κ2) is 5.52. The van der Waals surface area contributed by atoms with Crippen molar-refractivity contribution in [2.24, 2.45) is 0 Å². The van der Waals surface area contributed by atoms with Gasteiger partial charge in [0.2, 0.25) is 0 Å². The molecule has 0 aliphatic carbocycles. The highest BCUT2D eigenvalue weighted by atomic mass is 35.5. The van der Waals surface area contributed by atoms with E-state index in [4.69, 9.17) is 11.6 Å². The number of hydrogen-bond acceptors (Lipinski definition) is 4. The van der Waals surface area contributed by atoms with E-state index >= 15 is 0 Å².